The van der Waals surface area contributed by atoms with E-state index in [0.717, 1.165) is 15.9 Å². The minimum absolute atomic E-state index is 0.0663. The molecule has 2 aromatic rings. The van der Waals surface area contributed by atoms with E-state index in [1.165, 1.54) is 10.9 Å². The highest BCUT2D eigenvalue weighted by Gasteiger charge is 2.45. The van der Waals surface area contributed by atoms with Crippen molar-refractivity contribution < 1.29 is 4.74 Å². The van der Waals surface area contributed by atoms with Crippen LogP contribution >= 0.6 is 15.9 Å². The number of aromatic amines is 1. The summed E-state index contributed by atoms with van der Waals surface area (Å²) in [5.41, 5.74) is 2.33. The lowest BCUT2D eigenvalue weighted by Crippen LogP contribution is -2.33. The average Bonchev–Trinajstić information content (AvgIpc) is 2.83. The average molecular weight is 302 g/mol. The molecule has 3 heteroatoms. The Labute approximate surface area is 113 Å². The molecule has 4 rings (SSSR count). The van der Waals surface area contributed by atoms with E-state index in [9.17, 15) is 0 Å². The molecule has 1 aliphatic carbocycles. The Morgan fingerprint density at radius 3 is 3.11 bits per heavy atom. The van der Waals surface area contributed by atoms with Crippen molar-refractivity contribution in [2.75, 3.05) is 0 Å². The molecule has 0 fully saturated rings. The zero-order valence-electron chi connectivity index (χ0n) is 9.91. The van der Waals surface area contributed by atoms with Gasteiger partial charge in [0.25, 0.3) is 0 Å². The van der Waals surface area contributed by atoms with E-state index in [1.54, 1.807) is 0 Å². The maximum Gasteiger partial charge on any atom is 0.196 e. The Hall–Kier alpha value is -1.48. The Kier molecular flexibility index (Phi) is 1.91. The number of halogens is 1. The molecule has 0 saturated heterocycles. The molecule has 0 spiro atoms. The number of benzene rings is 1. The third kappa shape index (κ3) is 1.18. The molecule has 0 radical (unpaired) electrons. The molecule has 1 aromatic carbocycles. The summed E-state index contributed by atoms with van der Waals surface area (Å²) in [5.74, 6) is 0.909. The molecule has 0 bridgehead atoms. The van der Waals surface area contributed by atoms with E-state index >= 15 is 0 Å². The summed E-state index contributed by atoms with van der Waals surface area (Å²) in [6.07, 6.45) is 8.62. The number of nitrogens with one attached hydrogen (secondary N) is 1. The van der Waals surface area contributed by atoms with E-state index < -0.39 is 0 Å². The molecule has 1 aliphatic heterocycles. The number of rotatable bonds is 0. The van der Waals surface area contributed by atoms with Gasteiger partial charge in [-0.15, -0.1) is 0 Å². The second-order valence-corrected chi connectivity index (χ2v) is 6.00. The van der Waals surface area contributed by atoms with Gasteiger partial charge in [-0.2, -0.15) is 0 Å². The summed E-state index contributed by atoms with van der Waals surface area (Å²) in [7, 11) is 0. The molecular weight excluding hydrogens is 290 g/mol. The predicted octanol–water partition coefficient (Wildman–Crippen LogP) is 4.08. The highest BCUT2D eigenvalue weighted by atomic mass is 79.9. The van der Waals surface area contributed by atoms with Gasteiger partial charge < -0.3 is 9.72 Å². The van der Waals surface area contributed by atoms with Crippen LogP contribution in [0.3, 0.4) is 0 Å². The molecule has 2 aliphatic rings. The zero-order valence-corrected chi connectivity index (χ0v) is 11.5. The Balaban J connectivity index is 2.06. The van der Waals surface area contributed by atoms with Gasteiger partial charge in [0, 0.05) is 20.9 Å². The van der Waals surface area contributed by atoms with Crippen molar-refractivity contribution in [2.24, 2.45) is 0 Å². The van der Waals surface area contributed by atoms with E-state index in [4.69, 9.17) is 4.74 Å². The van der Waals surface area contributed by atoms with Gasteiger partial charge in [-0.1, -0.05) is 34.2 Å². The van der Waals surface area contributed by atoms with Crippen LogP contribution in [0.2, 0.25) is 0 Å². The first-order valence-electron chi connectivity index (χ1n) is 6.03. The molecular formula is C15H12BrNO. The summed E-state index contributed by atoms with van der Waals surface area (Å²) in [4.78, 5) is 3.37. The van der Waals surface area contributed by atoms with E-state index in [0.29, 0.717) is 0 Å². The Bertz CT molecular complexity index is 713. The van der Waals surface area contributed by atoms with Gasteiger partial charge in [0.2, 0.25) is 0 Å². The van der Waals surface area contributed by atoms with Gasteiger partial charge in [-0.05, 0) is 31.2 Å². The minimum Gasteiger partial charge on any atom is -0.470 e. The van der Waals surface area contributed by atoms with Gasteiger partial charge in [0.1, 0.15) is 6.10 Å². The highest BCUT2D eigenvalue weighted by molar-refractivity contribution is 9.10. The summed E-state index contributed by atoms with van der Waals surface area (Å²) in [5, 5.41) is 1.24. The molecule has 1 aromatic heterocycles. The number of aromatic nitrogens is 1. The van der Waals surface area contributed by atoms with Crippen LogP contribution in [0.1, 0.15) is 12.5 Å². The van der Waals surface area contributed by atoms with Crippen molar-refractivity contribution in [2.45, 2.75) is 18.4 Å². The molecule has 2 atom stereocenters. The highest BCUT2D eigenvalue weighted by Crippen LogP contribution is 2.49. The summed E-state index contributed by atoms with van der Waals surface area (Å²) < 4.78 is 7.13. The lowest BCUT2D eigenvalue weighted by Gasteiger charge is -2.27. The second-order valence-electron chi connectivity index (χ2n) is 5.08. The number of ether oxygens (including phenoxy) is 1. The molecule has 2 nitrogen and oxygen atoms in total. The van der Waals surface area contributed by atoms with Gasteiger partial charge >= 0.3 is 0 Å². The lowest BCUT2D eigenvalue weighted by molar-refractivity contribution is 0.222. The van der Waals surface area contributed by atoms with Crippen LogP contribution in [-0.4, -0.2) is 11.1 Å². The Morgan fingerprint density at radius 2 is 2.22 bits per heavy atom. The fourth-order valence-corrected chi connectivity index (χ4v) is 3.35. The quantitative estimate of drug-likeness (QED) is 0.779. The number of fused-ring (bicyclic) bond motifs is 5. The van der Waals surface area contributed by atoms with Crippen molar-refractivity contribution in [3.05, 3.63) is 52.5 Å². The molecule has 0 saturated carbocycles. The van der Waals surface area contributed by atoms with E-state index in [-0.39, 0.29) is 11.5 Å². The van der Waals surface area contributed by atoms with Crippen molar-refractivity contribution in [3.8, 4) is 5.88 Å². The maximum absolute atomic E-state index is 6.03. The molecule has 0 amide bonds. The van der Waals surface area contributed by atoms with Gasteiger partial charge in [0.15, 0.2) is 5.88 Å². The van der Waals surface area contributed by atoms with Crippen molar-refractivity contribution >= 4 is 26.8 Å². The van der Waals surface area contributed by atoms with E-state index in [2.05, 4.69) is 64.3 Å². The molecule has 18 heavy (non-hydrogen) atoms. The predicted molar refractivity (Wildman–Crippen MR) is 76.0 cm³/mol. The number of hydrogen-bond acceptors (Lipinski definition) is 1. The molecule has 90 valence electrons. The fourth-order valence-electron chi connectivity index (χ4n) is 2.99. The van der Waals surface area contributed by atoms with Crippen LogP contribution in [0, 0.1) is 0 Å². The topological polar surface area (TPSA) is 25.0 Å². The van der Waals surface area contributed by atoms with Crippen molar-refractivity contribution in [1.29, 1.82) is 0 Å². The zero-order chi connectivity index (χ0) is 12.3. The lowest BCUT2D eigenvalue weighted by atomic mass is 9.76. The monoisotopic (exact) mass is 301 g/mol. The first-order valence-corrected chi connectivity index (χ1v) is 6.82. The summed E-state index contributed by atoms with van der Waals surface area (Å²) in [6, 6.07) is 6.29. The first kappa shape index (κ1) is 10.4. The Morgan fingerprint density at radius 1 is 1.33 bits per heavy atom. The van der Waals surface area contributed by atoms with Crippen LogP contribution in [0.25, 0.3) is 10.9 Å². The van der Waals surface area contributed by atoms with Crippen LogP contribution in [0.5, 0.6) is 5.88 Å². The van der Waals surface area contributed by atoms with Crippen LogP contribution in [0.4, 0.5) is 0 Å². The molecule has 2 heterocycles. The van der Waals surface area contributed by atoms with Crippen molar-refractivity contribution in [3.63, 3.8) is 0 Å². The fraction of sp³-hybridized carbons (Fsp3) is 0.200. The standard InChI is InChI=1S/C15H12BrNO/c1-15-7-3-2-4-12(15)18-14-13(15)10-8-9(16)5-6-11(10)17-14/h2-8,12,17H,1H3. The van der Waals surface area contributed by atoms with Crippen LogP contribution in [-0.2, 0) is 5.41 Å². The van der Waals surface area contributed by atoms with Crippen LogP contribution in [0.15, 0.2) is 47.0 Å². The minimum atomic E-state index is -0.0663. The SMILES string of the molecule is CC12C=CC=CC1Oc1[nH]c3ccc(Br)cc3c12. The molecule has 1 N–H and O–H groups in total. The first-order chi connectivity index (χ1) is 8.68. The van der Waals surface area contributed by atoms with E-state index in [1.807, 2.05) is 6.07 Å². The second kappa shape index (κ2) is 3.29. The summed E-state index contributed by atoms with van der Waals surface area (Å²) in [6.45, 7) is 2.23. The number of allylic oxidation sites excluding steroid dienone is 2. The molecule has 2 unspecified atom stereocenters. The van der Waals surface area contributed by atoms with Crippen LogP contribution < -0.4 is 4.74 Å². The normalized spacial score (nSPS) is 28.2. The van der Waals surface area contributed by atoms with Crippen molar-refractivity contribution in [1.82, 2.24) is 4.98 Å². The third-order valence-corrected chi connectivity index (χ3v) is 4.43. The largest absolute Gasteiger partial charge is 0.470 e. The smallest absolute Gasteiger partial charge is 0.196 e. The number of H-pyrrole nitrogens is 1. The summed E-state index contributed by atoms with van der Waals surface area (Å²) >= 11 is 3.54. The third-order valence-electron chi connectivity index (χ3n) is 3.94. The van der Waals surface area contributed by atoms with Gasteiger partial charge in [-0.25, -0.2) is 0 Å². The van der Waals surface area contributed by atoms with Gasteiger partial charge in [-0.3, -0.25) is 0 Å². The maximum atomic E-state index is 6.03. The van der Waals surface area contributed by atoms with Gasteiger partial charge in [0.05, 0.1) is 5.41 Å². The number of hydrogen-bond donors (Lipinski definition) is 1.